The smallest absolute Gasteiger partial charge is 0.259 e. The highest BCUT2D eigenvalue weighted by Crippen LogP contribution is 2.21. The van der Waals surface area contributed by atoms with Crippen LogP contribution in [-0.2, 0) is 4.79 Å². The Kier molecular flexibility index (Phi) is 5.43. The van der Waals surface area contributed by atoms with Crippen molar-refractivity contribution in [2.75, 3.05) is 11.9 Å². The average molecular weight is 351 g/mol. The number of aryl methyl sites for hydroxylation is 1. The number of carbonyl (C=O) groups is 1. The van der Waals surface area contributed by atoms with Gasteiger partial charge >= 0.3 is 0 Å². The SMILES string of the molecule is Cc1ccc(NCC(=O)N/N=C/c2ccc(-c3ccc(F)cc3)o2)cc1. The number of carbonyl (C=O) groups excluding carboxylic acids is 1. The largest absolute Gasteiger partial charge is 0.455 e. The molecule has 0 aliphatic carbocycles. The maximum atomic E-state index is 12.9. The van der Waals surface area contributed by atoms with Gasteiger partial charge in [0.25, 0.3) is 5.91 Å². The van der Waals surface area contributed by atoms with Gasteiger partial charge in [0.1, 0.15) is 17.3 Å². The molecule has 0 unspecified atom stereocenters. The molecule has 5 nitrogen and oxygen atoms in total. The van der Waals surface area contributed by atoms with Crippen LogP contribution < -0.4 is 10.7 Å². The number of hydrogen-bond donors (Lipinski definition) is 2. The second kappa shape index (κ2) is 8.11. The van der Waals surface area contributed by atoms with Crippen LogP contribution in [-0.4, -0.2) is 18.7 Å². The lowest BCUT2D eigenvalue weighted by Gasteiger charge is -2.05. The van der Waals surface area contributed by atoms with Gasteiger partial charge in [-0.25, -0.2) is 9.82 Å². The number of nitrogens with zero attached hydrogens (tertiary/aromatic N) is 1. The van der Waals surface area contributed by atoms with E-state index in [-0.39, 0.29) is 18.3 Å². The van der Waals surface area contributed by atoms with Crippen LogP contribution in [0.4, 0.5) is 10.1 Å². The molecule has 2 N–H and O–H groups in total. The molecule has 2 aromatic carbocycles. The number of amides is 1. The molecular formula is C20H18FN3O2. The Morgan fingerprint density at radius 1 is 1.08 bits per heavy atom. The quantitative estimate of drug-likeness (QED) is 0.522. The summed E-state index contributed by atoms with van der Waals surface area (Å²) in [6, 6.07) is 17.2. The lowest BCUT2D eigenvalue weighted by atomic mass is 10.2. The van der Waals surface area contributed by atoms with E-state index in [1.807, 2.05) is 31.2 Å². The maximum Gasteiger partial charge on any atom is 0.259 e. The van der Waals surface area contributed by atoms with Crippen LogP contribution in [0.15, 0.2) is 70.2 Å². The van der Waals surface area contributed by atoms with E-state index in [2.05, 4.69) is 15.8 Å². The molecule has 0 aliphatic heterocycles. The van der Waals surface area contributed by atoms with Crippen molar-refractivity contribution in [3.8, 4) is 11.3 Å². The molecule has 0 fully saturated rings. The predicted molar refractivity (Wildman–Crippen MR) is 99.5 cm³/mol. The van der Waals surface area contributed by atoms with E-state index in [0.717, 1.165) is 16.8 Å². The summed E-state index contributed by atoms with van der Waals surface area (Å²) in [5.74, 6) is 0.506. The number of rotatable bonds is 6. The molecule has 3 aromatic rings. The van der Waals surface area contributed by atoms with Gasteiger partial charge in [-0.2, -0.15) is 5.10 Å². The van der Waals surface area contributed by atoms with Gasteiger partial charge in [0.05, 0.1) is 12.8 Å². The van der Waals surface area contributed by atoms with Crippen molar-refractivity contribution in [3.63, 3.8) is 0 Å². The lowest BCUT2D eigenvalue weighted by molar-refractivity contribution is -0.119. The Labute approximate surface area is 150 Å². The highest BCUT2D eigenvalue weighted by Gasteiger charge is 2.04. The molecule has 26 heavy (non-hydrogen) atoms. The third-order valence-corrected chi connectivity index (χ3v) is 3.64. The normalized spacial score (nSPS) is 10.8. The zero-order valence-electron chi connectivity index (χ0n) is 14.2. The molecule has 0 aliphatic rings. The van der Waals surface area contributed by atoms with Crippen LogP contribution in [0.1, 0.15) is 11.3 Å². The van der Waals surface area contributed by atoms with Crippen molar-refractivity contribution in [1.29, 1.82) is 0 Å². The highest BCUT2D eigenvalue weighted by atomic mass is 19.1. The van der Waals surface area contributed by atoms with Crippen molar-refractivity contribution in [2.24, 2.45) is 5.10 Å². The summed E-state index contributed by atoms with van der Waals surface area (Å²) in [4.78, 5) is 11.8. The number of hydrogen-bond acceptors (Lipinski definition) is 4. The highest BCUT2D eigenvalue weighted by molar-refractivity contribution is 5.83. The van der Waals surface area contributed by atoms with Crippen molar-refractivity contribution < 1.29 is 13.6 Å². The Morgan fingerprint density at radius 3 is 2.54 bits per heavy atom. The minimum absolute atomic E-state index is 0.111. The minimum Gasteiger partial charge on any atom is -0.455 e. The summed E-state index contributed by atoms with van der Waals surface area (Å²) in [7, 11) is 0. The molecule has 0 saturated heterocycles. The Balaban J connectivity index is 1.49. The van der Waals surface area contributed by atoms with Crippen LogP contribution >= 0.6 is 0 Å². The second-order valence-corrected chi connectivity index (χ2v) is 5.72. The summed E-state index contributed by atoms with van der Waals surface area (Å²) in [6.45, 7) is 2.11. The number of furan rings is 1. The number of halogens is 1. The lowest BCUT2D eigenvalue weighted by Crippen LogP contribution is -2.25. The zero-order valence-corrected chi connectivity index (χ0v) is 14.2. The number of nitrogens with one attached hydrogen (secondary N) is 2. The summed E-state index contributed by atoms with van der Waals surface area (Å²) in [5, 5.41) is 6.88. The fourth-order valence-corrected chi connectivity index (χ4v) is 2.25. The average Bonchev–Trinajstić information content (AvgIpc) is 3.11. The first kappa shape index (κ1) is 17.4. The molecule has 0 bridgehead atoms. The Morgan fingerprint density at radius 2 is 1.81 bits per heavy atom. The van der Waals surface area contributed by atoms with Gasteiger partial charge in [0, 0.05) is 11.3 Å². The van der Waals surface area contributed by atoms with Crippen LogP contribution in [0.5, 0.6) is 0 Å². The predicted octanol–water partition coefficient (Wildman–Crippen LogP) is 3.96. The molecule has 0 atom stereocenters. The van der Waals surface area contributed by atoms with Crippen LogP contribution in [0, 0.1) is 12.7 Å². The van der Waals surface area contributed by atoms with E-state index in [1.54, 1.807) is 24.3 Å². The van der Waals surface area contributed by atoms with E-state index >= 15 is 0 Å². The molecule has 1 aromatic heterocycles. The van der Waals surface area contributed by atoms with Gasteiger partial charge in [-0.3, -0.25) is 4.79 Å². The number of hydrazone groups is 1. The molecule has 6 heteroatoms. The molecule has 132 valence electrons. The fourth-order valence-electron chi connectivity index (χ4n) is 2.25. The van der Waals surface area contributed by atoms with Gasteiger partial charge in [0.2, 0.25) is 0 Å². The summed E-state index contributed by atoms with van der Waals surface area (Å²) in [6.07, 6.45) is 1.41. The monoisotopic (exact) mass is 351 g/mol. The van der Waals surface area contributed by atoms with Crippen molar-refractivity contribution >= 4 is 17.8 Å². The summed E-state index contributed by atoms with van der Waals surface area (Å²) >= 11 is 0. The number of anilines is 1. The first-order valence-electron chi connectivity index (χ1n) is 8.08. The van der Waals surface area contributed by atoms with E-state index in [0.29, 0.717) is 11.5 Å². The van der Waals surface area contributed by atoms with Gasteiger partial charge < -0.3 is 9.73 Å². The molecule has 1 amide bonds. The summed E-state index contributed by atoms with van der Waals surface area (Å²) < 4.78 is 18.5. The van der Waals surface area contributed by atoms with E-state index in [4.69, 9.17) is 4.42 Å². The third kappa shape index (κ3) is 4.80. The van der Waals surface area contributed by atoms with Crippen molar-refractivity contribution in [1.82, 2.24) is 5.43 Å². The first-order chi connectivity index (χ1) is 12.6. The Bertz CT molecular complexity index is 900. The fraction of sp³-hybridized carbons (Fsp3) is 0.100. The van der Waals surface area contributed by atoms with Crippen LogP contribution in [0.3, 0.4) is 0 Å². The molecule has 0 spiro atoms. The molecule has 3 rings (SSSR count). The van der Waals surface area contributed by atoms with Gasteiger partial charge in [-0.05, 0) is 55.5 Å². The third-order valence-electron chi connectivity index (χ3n) is 3.64. The maximum absolute atomic E-state index is 12.9. The van der Waals surface area contributed by atoms with Crippen molar-refractivity contribution in [3.05, 3.63) is 77.8 Å². The molecule has 0 radical (unpaired) electrons. The second-order valence-electron chi connectivity index (χ2n) is 5.72. The van der Waals surface area contributed by atoms with Crippen molar-refractivity contribution in [2.45, 2.75) is 6.92 Å². The van der Waals surface area contributed by atoms with Gasteiger partial charge in [-0.1, -0.05) is 17.7 Å². The Hall–Kier alpha value is -3.41. The number of benzene rings is 2. The van der Waals surface area contributed by atoms with Gasteiger partial charge in [0.15, 0.2) is 0 Å². The van der Waals surface area contributed by atoms with E-state index in [9.17, 15) is 9.18 Å². The van der Waals surface area contributed by atoms with E-state index < -0.39 is 0 Å². The first-order valence-corrected chi connectivity index (χ1v) is 8.08. The van der Waals surface area contributed by atoms with Crippen LogP contribution in [0.2, 0.25) is 0 Å². The van der Waals surface area contributed by atoms with Crippen LogP contribution in [0.25, 0.3) is 11.3 Å². The molecule has 0 saturated carbocycles. The van der Waals surface area contributed by atoms with Gasteiger partial charge in [-0.15, -0.1) is 0 Å². The standard InChI is InChI=1S/C20H18FN3O2/c1-14-2-8-17(9-3-14)22-13-20(25)24-23-12-18-10-11-19(26-18)15-4-6-16(21)7-5-15/h2-12,22H,13H2,1H3,(H,24,25)/b23-12+. The topological polar surface area (TPSA) is 66.6 Å². The molecular weight excluding hydrogens is 333 g/mol. The minimum atomic E-state index is -0.302. The summed E-state index contributed by atoms with van der Waals surface area (Å²) in [5.41, 5.74) is 5.21. The zero-order chi connectivity index (χ0) is 18.4. The molecule has 1 heterocycles. The van der Waals surface area contributed by atoms with E-state index in [1.165, 1.54) is 18.3 Å².